The quantitative estimate of drug-likeness (QED) is 0.287. The third-order valence-electron chi connectivity index (χ3n) is 6.72. The second-order valence-corrected chi connectivity index (χ2v) is 11.5. The van der Waals surface area contributed by atoms with Crippen molar-refractivity contribution in [1.82, 2.24) is 19.9 Å². The summed E-state index contributed by atoms with van der Waals surface area (Å²) >= 11 is 0. The summed E-state index contributed by atoms with van der Waals surface area (Å²) in [5, 5.41) is -0.934. The normalized spacial score (nSPS) is 15.6. The molecule has 4 aromatic rings. The summed E-state index contributed by atoms with van der Waals surface area (Å²) in [5.74, 6) is 2.60. The number of sulfone groups is 1. The van der Waals surface area contributed by atoms with Gasteiger partial charge < -0.3 is 9.88 Å². The average Bonchev–Trinajstić information content (AvgIpc) is 3.28. The van der Waals surface area contributed by atoms with Crippen LogP contribution in [0.15, 0.2) is 59.7 Å². The molecule has 1 aliphatic carbocycles. The topological polar surface area (TPSA) is 126 Å². The van der Waals surface area contributed by atoms with Crippen LogP contribution in [0.25, 0.3) is 10.9 Å². The van der Waals surface area contributed by atoms with Gasteiger partial charge in [0.05, 0.1) is 41.1 Å². The highest BCUT2D eigenvalue weighted by Crippen LogP contribution is 2.39. The van der Waals surface area contributed by atoms with Crippen LogP contribution < -0.4 is 10.5 Å². The standard InChI is InChI=1S/C28H25N5O4S/c1-4-13-33(25-11-8-18-14-24-21(15-20(18)25)28(35)32-17(2)31-24)19-9-10-22(30-16-19)26(34)27(38(3,36)37)23-7-5-6-12-29-23/h1,5-7,9-10,12,14-16,25,27H,8,11,13H2,2-3H3,(H,31,32,35)/t25-,27?/m1/s1. The van der Waals surface area contributed by atoms with Crippen molar-refractivity contribution in [2.45, 2.75) is 31.1 Å². The van der Waals surface area contributed by atoms with E-state index in [0.29, 0.717) is 22.4 Å². The first-order valence-corrected chi connectivity index (χ1v) is 14.0. The smallest absolute Gasteiger partial charge is 0.258 e. The van der Waals surface area contributed by atoms with Gasteiger partial charge in [0.2, 0.25) is 5.78 Å². The number of Topliss-reactive ketones (excluding diaryl/α,β-unsaturated/α-hetero) is 1. The molecule has 192 valence electrons. The highest BCUT2D eigenvalue weighted by atomic mass is 32.2. The number of terminal acetylenes is 1. The molecule has 5 rings (SSSR count). The predicted octanol–water partition coefficient (Wildman–Crippen LogP) is 3.12. The molecule has 0 radical (unpaired) electrons. The van der Waals surface area contributed by atoms with E-state index in [1.54, 1.807) is 25.1 Å². The molecule has 3 heterocycles. The lowest BCUT2D eigenvalue weighted by atomic mass is 10.0. The number of carbonyl (C=O) groups excluding carboxylic acids is 1. The molecule has 1 aromatic carbocycles. The van der Waals surface area contributed by atoms with Gasteiger partial charge in [-0.05, 0) is 67.3 Å². The van der Waals surface area contributed by atoms with E-state index in [9.17, 15) is 18.0 Å². The zero-order chi connectivity index (χ0) is 27.0. The summed E-state index contributed by atoms with van der Waals surface area (Å²) < 4.78 is 25.0. The van der Waals surface area contributed by atoms with Crippen molar-refractivity contribution in [1.29, 1.82) is 0 Å². The zero-order valence-corrected chi connectivity index (χ0v) is 21.7. The summed E-state index contributed by atoms with van der Waals surface area (Å²) in [7, 11) is -3.79. The summed E-state index contributed by atoms with van der Waals surface area (Å²) in [5.41, 5.74) is 3.41. The molecule has 1 N–H and O–H groups in total. The highest BCUT2D eigenvalue weighted by molar-refractivity contribution is 7.91. The number of pyridine rings is 2. The predicted molar refractivity (Wildman–Crippen MR) is 145 cm³/mol. The Morgan fingerprint density at radius 1 is 1.24 bits per heavy atom. The van der Waals surface area contributed by atoms with Crippen LogP contribution in [0.5, 0.6) is 0 Å². The largest absolute Gasteiger partial charge is 0.352 e. The minimum absolute atomic E-state index is 0.0151. The molecule has 1 unspecified atom stereocenters. The molecule has 38 heavy (non-hydrogen) atoms. The summed E-state index contributed by atoms with van der Waals surface area (Å²) in [6.45, 7) is 2.03. The number of benzene rings is 1. The monoisotopic (exact) mass is 527 g/mol. The first-order chi connectivity index (χ1) is 18.2. The number of aryl methyl sites for hydroxylation is 2. The molecule has 1 aliphatic rings. The lowest BCUT2D eigenvalue weighted by Crippen LogP contribution is -2.28. The van der Waals surface area contributed by atoms with E-state index in [0.717, 1.165) is 30.2 Å². The maximum absolute atomic E-state index is 13.2. The zero-order valence-electron chi connectivity index (χ0n) is 20.9. The Hall–Kier alpha value is -4.36. The van der Waals surface area contributed by atoms with Gasteiger partial charge in [-0.15, -0.1) is 6.42 Å². The number of anilines is 1. The van der Waals surface area contributed by atoms with Gasteiger partial charge in [-0.3, -0.25) is 19.6 Å². The van der Waals surface area contributed by atoms with Crippen LogP contribution in [0.4, 0.5) is 5.69 Å². The first-order valence-electron chi connectivity index (χ1n) is 12.0. The third kappa shape index (κ3) is 4.68. The Morgan fingerprint density at radius 2 is 2.05 bits per heavy atom. The number of ketones is 1. The van der Waals surface area contributed by atoms with E-state index < -0.39 is 20.9 Å². The number of rotatable bonds is 7. The van der Waals surface area contributed by atoms with Crippen LogP contribution in [-0.2, 0) is 16.3 Å². The Balaban J connectivity index is 1.49. The molecular weight excluding hydrogens is 502 g/mol. The maximum Gasteiger partial charge on any atom is 0.258 e. The number of H-pyrrole nitrogens is 1. The Labute approximate surface area is 219 Å². The van der Waals surface area contributed by atoms with Crippen molar-refractivity contribution in [3.05, 3.63) is 93.6 Å². The van der Waals surface area contributed by atoms with E-state index in [1.807, 2.05) is 17.0 Å². The van der Waals surface area contributed by atoms with Crippen LogP contribution in [0.3, 0.4) is 0 Å². The average molecular weight is 528 g/mol. The fourth-order valence-electron chi connectivity index (χ4n) is 5.06. The van der Waals surface area contributed by atoms with Gasteiger partial charge in [-0.25, -0.2) is 13.4 Å². The van der Waals surface area contributed by atoms with E-state index in [2.05, 4.69) is 25.9 Å². The molecule has 0 bridgehead atoms. The molecular formula is C28H25N5O4S. The number of nitrogens with zero attached hydrogens (tertiary/aromatic N) is 4. The third-order valence-corrected chi connectivity index (χ3v) is 8.04. The second kappa shape index (κ2) is 9.84. The van der Waals surface area contributed by atoms with Gasteiger partial charge in [0.15, 0.2) is 15.1 Å². The summed E-state index contributed by atoms with van der Waals surface area (Å²) in [6.07, 6.45) is 11.3. The number of hydrogen-bond donors (Lipinski definition) is 1. The van der Waals surface area contributed by atoms with Gasteiger partial charge in [0.25, 0.3) is 5.56 Å². The second-order valence-electron chi connectivity index (χ2n) is 9.34. The number of nitrogens with one attached hydrogen (secondary N) is 1. The van der Waals surface area contributed by atoms with Crippen LogP contribution >= 0.6 is 0 Å². The summed E-state index contributed by atoms with van der Waals surface area (Å²) in [4.78, 5) is 43.4. The van der Waals surface area contributed by atoms with Gasteiger partial charge >= 0.3 is 0 Å². The number of carbonyl (C=O) groups is 1. The molecule has 0 aliphatic heterocycles. The fourth-order valence-corrected chi connectivity index (χ4v) is 6.14. The molecule has 3 aromatic heterocycles. The molecule has 0 fully saturated rings. The van der Waals surface area contributed by atoms with Gasteiger partial charge in [-0.2, -0.15) is 0 Å². The molecule has 2 atom stereocenters. The van der Waals surface area contributed by atoms with Crippen LogP contribution in [0, 0.1) is 19.3 Å². The maximum atomic E-state index is 13.2. The minimum atomic E-state index is -3.79. The van der Waals surface area contributed by atoms with Crippen molar-refractivity contribution in [2.75, 3.05) is 17.7 Å². The molecule has 10 heteroatoms. The molecule has 0 amide bonds. The van der Waals surface area contributed by atoms with E-state index in [4.69, 9.17) is 6.42 Å². The fraction of sp³-hybridized carbons (Fsp3) is 0.250. The lowest BCUT2D eigenvalue weighted by molar-refractivity contribution is 0.0981. The van der Waals surface area contributed by atoms with Crippen LogP contribution in [0.1, 0.15) is 50.8 Å². The minimum Gasteiger partial charge on any atom is -0.352 e. The SMILES string of the molecule is C#CCN(c1ccc(C(=O)C(c2ccccn2)S(C)(=O)=O)nc1)[C@@H]1CCc2cc3nc(C)[nH]c(=O)c3cc21. The lowest BCUT2D eigenvalue weighted by Gasteiger charge is -2.30. The summed E-state index contributed by atoms with van der Waals surface area (Å²) in [6, 6.07) is 11.8. The number of aromatic amines is 1. The van der Waals surface area contributed by atoms with Gasteiger partial charge in [0.1, 0.15) is 11.5 Å². The number of aromatic nitrogens is 4. The molecule has 0 spiro atoms. The Morgan fingerprint density at radius 3 is 2.71 bits per heavy atom. The van der Waals surface area contributed by atoms with Crippen molar-refractivity contribution in [3.8, 4) is 12.3 Å². The van der Waals surface area contributed by atoms with Gasteiger partial charge in [0, 0.05) is 12.5 Å². The Bertz CT molecular complexity index is 1740. The van der Waals surface area contributed by atoms with Crippen LogP contribution in [-0.4, -0.2) is 46.9 Å². The van der Waals surface area contributed by atoms with Gasteiger partial charge in [-0.1, -0.05) is 12.0 Å². The van der Waals surface area contributed by atoms with E-state index in [1.165, 1.54) is 24.5 Å². The van der Waals surface area contributed by atoms with Crippen molar-refractivity contribution < 1.29 is 13.2 Å². The van der Waals surface area contributed by atoms with Crippen molar-refractivity contribution in [2.24, 2.45) is 0 Å². The molecule has 9 nitrogen and oxygen atoms in total. The van der Waals surface area contributed by atoms with E-state index in [-0.39, 0.29) is 29.5 Å². The van der Waals surface area contributed by atoms with Crippen molar-refractivity contribution in [3.63, 3.8) is 0 Å². The Kier molecular flexibility index (Phi) is 6.55. The van der Waals surface area contributed by atoms with Crippen LogP contribution in [0.2, 0.25) is 0 Å². The number of hydrogen-bond acceptors (Lipinski definition) is 8. The first kappa shape index (κ1) is 25.3. The van der Waals surface area contributed by atoms with Crippen molar-refractivity contribution >= 4 is 32.2 Å². The molecule has 0 saturated heterocycles. The van der Waals surface area contributed by atoms with E-state index >= 15 is 0 Å². The highest BCUT2D eigenvalue weighted by Gasteiger charge is 2.34. The number of fused-ring (bicyclic) bond motifs is 2. The molecule has 0 saturated carbocycles.